The van der Waals surface area contributed by atoms with Crippen LogP contribution in [0.1, 0.15) is 34.7 Å². The Morgan fingerprint density at radius 1 is 0.879 bits per heavy atom. The standard InChI is InChI=1S/C28H31FN2O2/c1-4-30-28(33)26(17-22-8-6-5-7-9-22)31(19-23-12-14-25(29)15-13-23)27(32)18-24-11-10-20(2)21(3)16-24/h5-16,26H,4,17-19H2,1-3H3,(H,30,33)/t26-/m1/s1. The molecule has 0 aliphatic heterocycles. The number of hydrogen-bond donors (Lipinski definition) is 1. The van der Waals surface area contributed by atoms with E-state index in [0.717, 1.165) is 22.3 Å². The lowest BCUT2D eigenvalue weighted by molar-refractivity contribution is -0.140. The number of nitrogens with one attached hydrogen (secondary N) is 1. The van der Waals surface area contributed by atoms with Gasteiger partial charge in [-0.05, 0) is 60.7 Å². The maximum Gasteiger partial charge on any atom is 0.243 e. The average Bonchev–Trinajstić information content (AvgIpc) is 2.80. The molecule has 0 aliphatic carbocycles. The van der Waals surface area contributed by atoms with Gasteiger partial charge in [-0.1, -0.05) is 60.7 Å². The molecule has 3 rings (SSSR count). The highest BCUT2D eigenvalue weighted by atomic mass is 19.1. The topological polar surface area (TPSA) is 49.4 Å². The molecular weight excluding hydrogens is 415 g/mol. The molecule has 172 valence electrons. The fourth-order valence-corrected chi connectivity index (χ4v) is 3.82. The van der Waals surface area contributed by atoms with Crippen molar-refractivity contribution in [1.29, 1.82) is 0 Å². The van der Waals surface area contributed by atoms with E-state index in [1.165, 1.54) is 17.7 Å². The smallest absolute Gasteiger partial charge is 0.243 e. The Hall–Kier alpha value is -3.47. The molecule has 0 bridgehead atoms. The summed E-state index contributed by atoms with van der Waals surface area (Å²) >= 11 is 0. The first-order chi connectivity index (χ1) is 15.9. The van der Waals surface area contributed by atoms with Gasteiger partial charge in [0, 0.05) is 19.5 Å². The summed E-state index contributed by atoms with van der Waals surface area (Å²) < 4.78 is 13.5. The summed E-state index contributed by atoms with van der Waals surface area (Å²) in [5.41, 5.74) is 4.93. The third-order valence-electron chi connectivity index (χ3n) is 5.81. The maximum absolute atomic E-state index is 13.6. The van der Waals surface area contributed by atoms with E-state index in [4.69, 9.17) is 0 Å². The maximum atomic E-state index is 13.6. The molecular formula is C28H31FN2O2. The molecule has 0 heterocycles. The highest BCUT2D eigenvalue weighted by Gasteiger charge is 2.30. The minimum atomic E-state index is -0.684. The van der Waals surface area contributed by atoms with Gasteiger partial charge in [0.1, 0.15) is 11.9 Å². The second-order valence-electron chi connectivity index (χ2n) is 8.34. The van der Waals surface area contributed by atoms with E-state index in [2.05, 4.69) is 5.32 Å². The van der Waals surface area contributed by atoms with E-state index < -0.39 is 6.04 Å². The summed E-state index contributed by atoms with van der Waals surface area (Å²) in [6.07, 6.45) is 0.583. The number of amides is 2. The highest BCUT2D eigenvalue weighted by molar-refractivity contribution is 5.88. The molecule has 0 fully saturated rings. The van der Waals surface area contributed by atoms with Crippen molar-refractivity contribution < 1.29 is 14.0 Å². The number of likely N-dealkylation sites (N-methyl/N-ethyl adjacent to an activating group) is 1. The van der Waals surface area contributed by atoms with E-state index in [1.54, 1.807) is 17.0 Å². The lowest BCUT2D eigenvalue weighted by Crippen LogP contribution is -2.50. The monoisotopic (exact) mass is 446 g/mol. The van der Waals surface area contributed by atoms with Crippen LogP contribution in [0.4, 0.5) is 4.39 Å². The van der Waals surface area contributed by atoms with Crippen molar-refractivity contribution in [2.75, 3.05) is 6.54 Å². The van der Waals surface area contributed by atoms with Crippen LogP contribution >= 0.6 is 0 Å². The molecule has 5 heteroatoms. The van der Waals surface area contributed by atoms with Crippen molar-refractivity contribution in [2.45, 2.75) is 46.2 Å². The van der Waals surface area contributed by atoms with Crippen molar-refractivity contribution in [2.24, 2.45) is 0 Å². The minimum absolute atomic E-state index is 0.144. The van der Waals surface area contributed by atoms with Gasteiger partial charge < -0.3 is 10.2 Å². The molecule has 1 N–H and O–H groups in total. The zero-order valence-corrected chi connectivity index (χ0v) is 19.5. The molecule has 0 unspecified atom stereocenters. The van der Waals surface area contributed by atoms with E-state index >= 15 is 0 Å². The van der Waals surface area contributed by atoms with Crippen LogP contribution in [-0.4, -0.2) is 29.3 Å². The molecule has 0 spiro atoms. The van der Waals surface area contributed by atoms with Crippen molar-refractivity contribution in [3.8, 4) is 0 Å². The lowest BCUT2D eigenvalue weighted by Gasteiger charge is -2.31. The third-order valence-corrected chi connectivity index (χ3v) is 5.81. The largest absolute Gasteiger partial charge is 0.355 e. The minimum Gasteiger partial charge on any atom is -0.355 e. The highest BCUT2D eigenvalue weighted by Crippen LogP contribution is 2.18. The first-order valence-electron chi connectivity index (χ1n) is 11.3. The normalized spacial score (nSPS) is 11.6. The zero-order valence-electron chi connectivity index (χ0n) is 19.5. The summed E-state index contributed by atoms with van der Waals surface area (Å²) in [6.45, 7) is 6.61. The van der Waals surface area contributed by atoms with Gasteiger partial charge in [-0.2, -0.15) is 0 Å². The fourth-order valence-electron chi connectivity index (χ4n) is 3.82. The molecule has 0 aliphatic rings. The van der Waals surface area contributed by atoms with Gasteiger partial charge in [0.05, 0.1) is 6.42 Å². The SMILES string of the molecule is CCNC(=O)[C@@H](Cc1ccccc1)N(Cc1ccc(F)cc1)C(=O)Cc1ccc(C)c(C)c1. The van der Waals surface area contributed by atoms with Crippen LogP contribution in [0.2, 0.25) is 0 Å². The molecule has 4 nitrogen and oxygen atoms in total. The molecule has 0 saturated heterocycles. The molecule has 3 aromatic rings. The number of hydrogen-bond acceptors (Lipinski definition) is 2. The second-order valence-corrected chi connectivity index (χ2v) is 8.34. The molecule has 33 heavy (non-hydrogen) atoms. The van der Waals surface area contributed by atoms with Crippen molar-refractivity contribution in [3.05, 3.63) is 106 Å². The van der Waals surface area contributed by atoms with E-state index in [9.17, 15) is 14.0 Å². The molecule has 3 aromatic carbocycles. The van der Waals surface area contributed by atoms with Gasteiger partial charge >= 0.3 is 0 Å². The van der Waals surface area contributed by atoms with Crippen LogP contribution in [0.15, 0.2) is 72.8 Å². The van der Waals surface area contributed by atoms with Gasteiger partial charge in [-0.25, -0.2) is 4.39 Å². The van der Waals surface area contributed by atoms with E-state index in [0.29, 0.717) is 13.0 Å². The predicted octanol–water partition coefficient (Wildman–Crippen LogP) is 4.76. The summed E-state index contributed by atoms with van der Waals surface area (Å²) in [5.74, 6) is -0.678. The van der Waals surface area contributed by atoms with E-state index in [-0.39, 0.29) is 30.6 Å². The molecule has 1 atom stereocenters. The number of benzene rings is 3. The number of carbonyl (C=O) groups is 2. The second kappa shape index (κ2) is 11.4. The first kappa shape index (κ1) is 24.2. The Bertz CT molecular complexity index is 1080. The van der Waals surface area contributed by atoms with Crippen LogP contribution in [-0.2, 0) is 29.0 Å². The number of carbonyl (C=O) groups excluding carboxylic acids is 2. The number of rotatable bonds is 9. The van der Waals surface area contributed by atoms with Crippen LogP contribution in [0.3, 0.4) is 0 Å². The van der Waals surface area contributed by atoms with Gasteiger partial charge in [-0.3, -0.25) is 9.59 Å². The van der Waals surface area contributed by atoms with Gasteiger partial charge in [-0.15, -0.1) is 0 Å². The Kier molecular flexibility index (Phi) is 8.36. The Balaban J connectivity index is 1.95. The van der Waals surface area contributed by atoms with Gasteiger partial charge in [0.2, 0.25) is 11.8 Å². The number of aryl methyl sites for hydroxylation is 2. The average molecular weight is 447 g/mol. The van der Waals surface area contributed by atoms with E-state index in [1.807, 2.05) is 69.3 Å². The molecule has 2 amide bonds. The Labute approximate surface area is 195 Å². The summed E-state index contributed by atoms with van der Waals surface area (Å²) in [5, 5.41) is 2.88. The quantitative estimate of drug-likeness (QED) is 0.515. The molecule has 0 saturated carbocycles. The first-order valence-corrected chi connectivity index (χ1v) is 11.3. The summed E-state index contributed by atoms with van der Waals surface area (Å²) in [4.78, 5) is 28.3. The fraction of sp³-hybridized carbons (Fsp3) is 0.286. The zero-order chi connectivity index (χ0) is 23.8. The number of nitrogens with zero attached hydrogens (tertiary/aromatic N) is 1. The van der Waals surface area contributed by atoms with Crippen molar-refractivity contribution in [3.63, 3.8) is 0 Å². The van der Waals surface area contributed by atoms with Gasteiger partial charge in [0.25, 0.3) is 0 Å². The summed E-state index contributed by atoms with van der Waals surface area (Å²) in [6, 6.07) is 21.0. The lowest BCUT2D eigenvalue weighted by atomic mass is 10.00. The van der Waals surface area contributed by atoms with Crippen LogP contribution in [0.5, 0.6) is 0 Å². The van der Waals surface area contributed by atoms with Gasteiger partial charge in [0.15, 0.2) is 0 Å². The Morgan fingerprint density at radius 3 is 2.18 bits per heavy atom. The van der Waals surface area contributed by atoms with Crippen LogP contribution < -0.4 is 5.32 Å². The van der Waals surface area contributed by atoms with Crippen LogP contribution in [0, 0.1) is 19.7 Å². The third kappa shape index (κ3) is 6.75. The van der Waals surface area contributed by atoms with Crippen LogP contribution in [0.25, 0.3) is 0 Å². The molecule has 0 radical (unpaired) electrons. The van der Waals surface area contributed by atoms with Crippen molar-refractivity contribution in [1.82, 2.24) is 10.2 Å². The van der Waals surface area contributed by atoms with Crippen molar-refractivity contribution >= 4 is 11.8 Å². The summed E-state index contributed by atoms with van der Waals surface area (Å²) in [7, 11) is 0. The predicted molar refractivity (Wildman–Crippen MR) is 129 cm³/mol. The number of halogens is 1. The molecule has 0 aromatic heterocycles. The Morgan fingerprint density at radius 2 is 1.55 bits per heavy atom.